The molecule has 1 N–H and O–H groups in total. The molecule has 1 saturated carbocycles. The summed E-state index contributed by atoms with van der Waals surface area (Å²) < 4.78 is 1.25. The monoisotopic (exact) mass is 337 g/mol. The fourth-order valence-electron chi connectivity index (χ4n) is 2.45. The van der Waals surface area contributed by atoms with Gasteiger partial charge in [0.15, 0.2) is 0 Å². The van der Waals surface area contributed by atoms with Gasteiger partial charge in [-0.25, -0.2) is 0 Å². The highest BCUT2D eigenvalue weighted by Gasteiger charge is 2.29. The molecule has 1 aliphatic rings. The Bertz CT molecular complexity index is 208. The molecule has 0 aromatic heterocycles. The Hall–Kier alpha value is 0.200. The van der Waals surface area contributed by atoms with Gasteiger partial charge in [0, 0.05) is 12.5 Å². The molecule has 2 atom stereocenters. The number of unbranched alkanes of at least 4 members (excludes halogenated alkanes) is 3. The van der Waals surface area contributed by atoms with Crippen LogP contribution >= 0.6 is 22.6 Å². The first-order valence-corrected chi connectivity index (χ1v) is 8.12. The number of hydrogen-bond acceptors (Lipinski definition) is 1. The third-order valence-corrected chi connectivity index (χ3v) is 4.32. The fourth-order valence-corrected chi connectivity index (χ4v) is 2.99. The topological polar surface area (TPSA) is 29.1 Å². The first-order chi connectivity index (χ1) is 7.75. The lowest BCUT2D eigenvalue weighted by Gasteiger charge is -2.14. The molecular formula is C13H24INO. The second-order valence-electron chi connectivity index (χ2n) is 4.91. The minimum absolute atomic E-state index is 0.300. The minimum Gasteiger partial charge on any atom is -0.356 e. The summed E-state index contributed by atoms with van der Waals surface area (Å²) in [7, 11) is 0. The molecule has 0 aliphatic heterocycles. The first-order valence-electron chi connectivity index (χ1n) is 6.59. The molecule has 0 saturated heterocycles. The molecule has 1 fully saturated rings. The lowest BCUT2D eigenvalue weighted by atomic mass is 9.97. The second kappa shape index (κ2) is 8.31. The summed E-state index contributed by atoms with van der Waals surface area (Å²) in [6.45, 7) is 3.08. The molecule has 0 spiro atoms. The summed E-state index contributed by atoms with van der Waals surface area (Å²) in [4.78, 5) is 11.8. The largest absolute Gasteiger partial charge is 0.356 e. The molecule has 1 rings (SSSR count). The maximum Gasteiger partial charge on any atom is 0.223 e. The van der Waals surface area contributed by atoms with E-state index in [-0.39, 0.29) is 0 Å². The standard InChI is InChI=1S/C13H24INO/c1-11-7-6-8-12(11)13(16)15-10-5-3-2-4-9-14/h11-12H,2-10H2,1H3,(H,15,16). The quantitative estimate of drug-likeness (QED) is 0.430. The van der Waals surface area contributed by atoms with Crippen LogP contribution in [-0.4, -0.2) is 16.9 Å². The smallest absolute Gasteiger partial charge is 0.223 e. The molecule has 16 heavy (non-hydrogen) atoms. The Kier molecular flexibility index (Phi) is 7.41. The van der Waals surface area contributed by atoms with Crippen molar-refractivity contribution in [3.63, 3.8) is 0 Å². The van der Waals surface area contributed by atoms with Gasteiger partial charge in [-0.2, -0.15) is 0 Å². The molecule has 3 heteroatoms. The zero-order valence-corrected chi connectivity index (χ0v) is 12.5. The van der Waals surface area contributed by atoms with Crippen molar-refractivity contribution in [2.24, 2.45) is 11.8 Å². The van der Waals surface area contributed by atoms with Gasteiger partial charge < -0.3 is 5.32 Å². The summed E-state index contributed by atoms with van der Waals surface area (Å²) in [5.74, 6) is 1.20. The van der Waals surface area contributed by atoms with E-state index in [1.807, 2.05) is 0 Å². The SMILES string of the molecule is CC1CCCC1C(=O)NCCCCCCI. The van der Waals surface area contributed by atoms with E-state index in [0.717, 1.165) is 19.4 Å². The summed E-state index contributed by atoms with van der Waals surface area (Å²) >= 11 is 2.42. The number of alkyl halides is 1. The minimum atomic E-state index is 0.300. The second-order valence-corrected chi connectivity index (χ2v) is 5.99. The highest BCUT2D eigenvalue weighted by atomic mass is 127. The number of amides is 1. The molecule has 94 valence electrons. The van der Waals surface area contributed by atoms with Gasteiger partial charge in [-0.15, -0.1) is 0 Å². The number of halogens is 1. The van der Waals surface area contributed by atoms with Crippen molar-refractivity contribution in [1.29, 1.82) is 0 Å². The van der Waals surface area contributed by atoms with Crippen molar-refractivity contribution in [3.05, 3.63) is 0 Å². The van der Waals surface area contributed by atoms with Crippen LogP contribution in [0.4, 0.5) is 0 Å². The highest BCUT2D eigenvalue weighted by Crippen LogP contribution is 2.31. The number of carbonyl (C=O) groups is 1. The summed E-state index contributed by atoms with van der Waals surface area (Å²) in [5.41, 5.74) is 0. The number of hydrogen-bond donors (Lipinski definition) is 1. The Morgan fingerprint density at radius 1 is 1.25 bits per heavy atom. The summed E-state index contributed by atoms with van der Waals surface area (Å²) in [5, 5.41) is 3.09. The van der Waals surface area contributed by atoms with E-state index in [9.17, 15) is 4.79 Å². The number of nitrogens with one attached hydrogen (secondary N) is 1. The normalized spacial score (nSPS) is 24.6. The maximum absolute atomic E-state index is 11.8. The highest BCUT2D eigenvalue weighted by molar-refractivity contribution is 14.1. The lowest BCUT2D eigenvalue weighted by Crippen LogP contribution is -2.32. The van der Waals surface area contributed by atoms with Crippen molar-refractivity contribution in [3.8, 4) is 0 Å². The molecule has 2 unspecified atom stereocenters. The van der Waals surface area contributed by atoms with E-state index >= 15 is 0 Å². The Balaban J connectivity index is 2.02. The molecule has 1 aliphatic carbocycles. The fraction of sp³-hybridized carbons (Fsp3) is 0.923. The van der Waals surface area contributed by atoms with Crippen LogP contribution in [0.1, 0.15) is 51.9 Å². The number of carbonyl (C=O) groups excluding carboxylic acids is 1. The Morgan fingerprint density at radius 3 is 2.62 bits per heavy atom. The molecule has 0 bridgehead atoms. The molecule has 0 aromatic carbocycles. The van der Waals surface area contributed by atoms with Crippen LogP contribution < -0.4 is 5.32 Å². The van der Waals surface area contributed by atoms with E-state index in [1.54, 1.807) is 0 Å². The average molecular weight is 337 g/mol. The van der Waals surface area contributed by atoms with Crippen molar-refractivity contribution in [1.82, 2.24) is 5.32 Å². The average Bonchev–Trinajstić information content (AvgIpc) is 2.69. The lowest BCUT2D eigenvalue weighted by molar-refractivity contribution is -0.125. The predicted octanol–water partition coefficient (Wildman–Crippen LogP) is 3.53. The molecule has 0 aromatic rings. The van der Waals surface area contributed by atoms with Gasteiger partial charge in [-0.1, -0.05) is 48.8 Å². The first kappa shape index (κ1) is 14.3. The molecule has 0 heterocycles. The van der Waals surface area contributed by atoms with Crippen molar-refractivity contribution in [2.45, 2.75) is 51.9 Å². The molecule has 2 nitrogen and oxygen atoms in total. The zero-order valence-electron chi connectivity index (χ0n) is 10.3. The van der Waals surface area contributed by atoms with Crippen LogP contribution in [0.2, 0.25) is 0 Å². The van der Waals surface area contributed by atoms with Gasteiger partial charge in [0.1, 0.15) is 0 Å². The van der Waals surface area contributed by atoms with Crippen molar-refractivity contribution in [2.75, 3.05) is 11.0 Å². The van der Waals surface area contributed by atoms with E-state index in [0.29, 0.717) is 17.7 Å². The van der Waals surface area contributed by atoms with Crippen LogP contribution in [0.3, 0.4) is 0 Å². The van der Waals surface area contributed by atoms with Crippen LogP contribution in [0.15, 0.2) is 0 Å². The Labute approximate surface area is 113 Å². The van der Waals surface area contributed by atoms with Crippen molar-refractivity contribution >= 4 is 28.5 Å². The molecule has 0 radical (unpaired) electrons. The van der Waals surface area contributed by atoms with Gasteiger partial charge in [0.25, 0.3) is 0 Å². The van der Waals surface area contributed by atoms with E-state index in [1.165, 1.54) is 36.5 Å². The Morgan fingerprint density at radius 2 is 2.00 bits per heavy atom. The van der Waals surface area contributed by atoms with E-state index < -0.39 is 0 Å². The number of rotatable bonds is 7. The van der Waals surface area contributed by atoms with Gasteiger partial charge in [-0.3, -0.25) is 4.79 Å². The molecule has 1 amide bonds. The molecular weight excluding hydrogens is 313 g/mol. The van der Waals surface area contributed by atoms with Crippen molar-refractivity contribution < 1.29 is 4.79 Å². The van der Waals surface area contributed by atoms with Crippen LogP contribution in [0.5, 0.6) is 0 Å². The van der Waals surface area contributed by atoms with Gasteiger partial charge in [0.05, 0.1) is 0 Å². The van der Waals surface area contributed by atoms with Crippen LogP contribution in [-0.2, 0) is 4.79 Å². The third-order valence-electron chi connectivity index (χ3n) is 3.56. The predicted molar refractivity (Wildman–Crippen MR) is 76.9 cm³/mol. The van der Waals surface area contributed by atoms with Gasteiger partial charge in [0.2, 0.25) is 5.91 Å². The van der Waals surface area contributed by atoms with E-state index in [4.69, 9.17) is 0 Å². The van der Waals surface area contributed by atoms with E-state index in [2.05, 4.69) is 34.8 Å². The summed E-state index contributed by atoms with van der Waals surface area (Å²) in [6, 6.07) is 0. The van der Waals surface area contributed by atoms with Gasteiger partial charge >= 0.3 is 0 Å². The zero-order chi connectivity index (χ0) is 11.8. The van der Waals surface area contributed by atoms with Gasteiger partial charge in [-0.05, 0) is 36.0 Å². The van der Waals surface area contributed by atoms with Crippen LogP contribution in [0, 0.1) is 11.8 Å². The van der Waals surface area contributed by atoms with Crippen LogP contribution in [0.25, 0.3) is 0 Å². The third kappa shape index (κ3) is 5.02. The maximum atomic E-state index is 11.8. The summed E-state index contributed by atoms with van der Waals surface area (Å²) in [6.07, 6.45) is 8.57.